The van der Waals surface area contributed by atoms with Crippen molar-refractivity contribution in [3.05, 3.63) is 66.0 Å². The van der Waals surface area contributed by atoms with Gasteiger partial charge in [0.1, 0.15) is 0 Å². The number of amides is 1. The normalized spacial score (nSPS) is 14.7. The lowest BCUT2D eigenvalue weighted by molar-refractivity contribution is -0.137. The fourth-order valence-electron chi connectivity index (χ4n) is 3.36. The number of carbonyl (C=O) groups is 1. The first-order chi connectivity index (χ1) is 14.3. The highest BCUT2D eigenvalue weighted by atomic mass is 19.4. The maximum absolute atomic E-state index is 13.3. The number of anilines is 2. The zero-order chi connectivity index (χ0) is 21.4. The van der Waals surface area contributed by atoms with Crippen LogP contribution >= 0.6 is 0 Å². The van der Waals surface area contributed by atoms with Crippen LogP contribution in [0.3, 0.4) is 0 Å². The molecule has 0 saturated heterocycles. The Morgan fingerprint density at radius 1 is 1.13 bits per heavy atom. The average Bonchev–Trinajstić information content (AvgIpc) is 3.47. The van der Waals surface area contributed by atoms with E-state index in [4.69, 9.17) is 5.26 Å². The molecule has 152 valence electrons. The van der Waals surface area contributed by atoms with E-state index in [0.29, 0.717) is 5.69 Å². The van der Waals surface area contributed by atoms with Gasteiger partial charge in [0.05, 0.1) is 41.0 Å². The molecule has 3 aromatic rings. The number of rotatable bonds is 5. The van der Waals surface area contributed by atoms with Gasteiger partial charge in [-0.2, -0.15) is 18.4 Å². The molecule has 0 atom stereocenters. The summed E-state index contributed by atoms with van der Waals surface area (Å²) in [6.07, 6.45) is 0.159. The minimum Gasteiger partial charge on any atom is -0.378 e. The summed E-state index contributed by atoms with van der Waals surface area (Å²) in [6.45, 7) is 0. The van der Waals surface area contributed by atoms with Crippen LogP contribution in [-0.2, 0) is 6.18 Å². The number of aromatic nitrogens is 1. The first kappa shape index (κ1) is 19.7. The zero-order valence-electron chi connectivity index (χ0n) is 15.8. The minimum absolute atomic E-state index is 0.137. The van der Waals surface area contributed by atoms with Crippen LogP contribution in [0.15, 0.2) is 54.9 Å². The lowest BCUT2D eigenvalue weighted by Crippen LogP contribution is -2.24. The van der Waals surface area contributed by atoms with Crippen molar-refractivity contribution in [2.45, 2.75) is 31.0 Å². The summed E-state index contributed by atoms with van der Waals surface area (Å²) in [5.41, 5.74) is -0.882. The second-order valence-electron chi connectivity index (χ2n) is 7.36. The number of pyridine rings is 1. The van der Waals surface area contributed by atoms with Crippen molar-refractivity contribution in [2.75, 3.05) is 10.6 Å². The quantitative estimate of drug-likeness (QED) is 0.593. The minimum atomic E-state index is -4.58. The maximum Gasteiger partial charge on any atom is 0.416 e. The second-order valence-corrected chi connectivity index (χ2v) is 7.36. The van der Waals surface area contributed by atoms with E-state index in [0.717, 1.165) is 35.7 Å². The Bertz CT molecular complexity index is 1160. The molecule has 0 radical (unpaired) electrons. The smallest absolute Gasteiger partial charge is 0.378 e. The average molecular weight is 410 g/mol. The number of alkyl halides is 3. The third-order valence-corrected chi connectivity index (χ3v) is 5.18. The summed E-state index contributed by atoms with van der Waals surface area (Å²) >= 11 is 0. The van der Waals surface area contributed by atoms with Crippen molar-refractivity contribution in [1.29, 1.82) is 5.26 Å². The van der Waals surface area contributed by atoms with Crippen LogP contribution in [0.4, 0.5) is 24.5 Å². The van der Waals surface area contributed by atoms with Crippen LogP contribution < -0.4 is 10.6 Å². The number of nitrogens with one attached hydrogen (secondary N) is 2. The largest absolute Gasteiger partial charge is 0.416 e. The van der Waals surface area contributed by atoms with Gasteiger partial charge in [-0.3, -0.25) is 9.78 Å². The van der Waals surface area contributed by atoms with Gasteiger partial charge in [-0.05, 0) is 31.0 Å². The van der Waals surface area contributed by atoms with Crippen molar-refractivity contribution in [2.24, 2.45) is 0 Å². The molecule has 1 aliphatic carbocycles. The molecule has 1 saturated carbocycles. The van der Waals surface area contributed by atoms with Crippen LogP contribution in [0, 0.1) is 11.3 Å². The number of benzene rings is 2. The van der Waals surface area contributed by atoms with Crippen molar-refractivity contribution < 1.29 is 18.0 Å². The Balaban J connectivity index is 1.71. The fourth-order valence-corrected chi connectivity index (χ4v) is 3.36. The lowest BCUT2D eigenvalue weighted by atomic mass is 10.0. The van der Waals surface area contributed by atoms with E-state index in [1.807, 2.05) is 12.1 Å². The van der Waals surface area contributed by atoms with Gasteiger partial charge in [-0.1, -0.05) is 24.3 Å². The van der Waals surface area contributed by atoms with Crippen molar-refractivity contribution in [3.8, 4) is 6.07 Å². The summed E-state index contributed by atoms with van der Waals surface area (Å²) in [5, 5.41) is 16.3. The molecule has 1 aromatic heterocycles. The Labute approximate surface area is 170 Å². The number of hydrogen-bond acceptors (Lipinski definition) is 4. The predicted octanol–water partition coefficient (Wildman–Crippen LogP) is 5.36. The Morgan fingerprint density at radius 2 is 1.90 bits per heavy atom. The van der Waals surface area contributed by atoms with E-state index >= 15 is 0 Å². The highest BCUT2D eigenvalue weighted by Crippen LogP contribution is 2.43. The third-order valence-electron chi connectivity index (χ3n) is 5.18. The van der Waals surface area contributed by atoms with Gasteiger partial charge in [0.15, 0.2) is 0 Å². The molecular formula is C22H17F3N4O. The van der Waals surface area contributed by atoms with Crippen LogP contribution in [0.25, 0.3) is 10.8 Å². The second kappa shape index (κ2) is 7.34. The SMILES string of the molecule is N#CCC1(Nc2ccc(C(F)(F)F)cc2C(=O)Nc2cncc3ccccc23)CC1. The molecule has 0 spiro atoms. The van der Waals surface area contributed by atoms with Gasteiger partial charge >= 0.3 is 6.18 Å². The fraction of sp³-hybridized carbons (Fsp3) is 0.227. The molecule has 0 aliphatic heterocycles. The van der Waals surface area contributed by atoms with Crippen molar-refractivity contribution in [1.82, 2.24) is 4.98 Å². The van der Waals surface area contributed by atoms with Gasteiger partial charge in [0, 0.05) is 22.7 Å². The topological polar surface area (TPSA) is 77.8 Å². The molecule has 4 rings (SSSR count). The standard InChI is InChI=1S/C22H17F3N4O/c23-22(24,25)15-5-6-18(29-21(7-8-21)9-10-26)17(11-15)20(30)28-19-13-27-12-14-3-1-2-4-16(14)19/h1-6,11-13,29H,7-9H2,(H,28,30). The molecule has 8 heteroatoms. The maximum atomic E-state index is 13.3. The number of nitriles is 1. The highest BCUT2D eigenvalue weighted by molar-refractivity contribution is 6.11. The van der Waals surface area contributed by atoms with E-state index in [2.05, 4.69) is 21.7 Å². The summed E-state index contributed by atoms with van der Waals surface area (Å²) in [6, 6.07) is 12.3. The monoisotopic (exact) mass is 410 g/mol. The number of hydrogen-bond donors (Lipinski definition) is 2. The third kappa shape index (κ3) is 3.92. The van der Waals surface area contributed by atoms with Gasteiger partial charge in [0.25, 0.3) is 5.91 Å². The summed E-state index contributed by atoms with van der Waals surface area (Å²) < 4.78 is 39.8. The first-order valence-corrected chi connectivity index (χ1v) is 9.32. The number of carbonyl (C=O) groups excluding carboxylic acids is 1. The van der Waals surface area contributed by atoms with Gasteiger partial charge in [-0.25, -0.2) is 0 Å². The molecular weight excluding hydrogens is 393 g/mol. The van der Waals surface area contributed by atoms with E-state index in [-0.39, 0.29) is 17.7 Å². The van der Waals surface area contributed by atoms with Crippen molar-refractivity contribution >= 4 is 28.1 Å². The molecule has 1 fully saturated rings. The Hall–Kier alpha value is -3.60. The highest BCUT2D eigenvalue weighted by Gasteiger charge is 2.43. The lowest BCUT2D eigenvalue weighted by Gasteiger charge is -2.20. The van der Waals surface area contributed by atoms with E-state index in [1.165, 1.54) is 12.3 Å². The van der Waals surface area contributed by atoms with E-state index in [9.17, 15) is 18.0 Å². The number of fused-ring (bicyclic) bond motifs is 1. The van der Waals surface area contributed by atoms with Crippen LogP contribution in [-0.4, -0.2) is 16.4 Å². The molecule has 5 nitrogen and oxygen atoms in total. The van der Waals surface area contributed by atoms with Crippen LogP contribution in [0.2, 0.25) is 0 Å². The number of nitrogens with zero attached hydrogens (tertiary/aromatic N) is 2. The van der Waals surface area contributed by atoms with Crippen LogP contribution in [0.1, 0.15) is 35.2 Å². The Morgan fingerprint density at radius 3 is 2.60 bits per heavy atom. The Kier molecular flexibility index (Phi) is 4.82. The first-order valence-electron chi connectivity index (χ1n) is 9.32. The van der Waals surface area contributed by atoms with Crippen LogP contribution in [0.5, 0.6) is 0 Å². The molecule has 1 heterocycles. The van der Waals surface area contributed by atoms with Gasteiger partial charge in [0.2, 0.25) is 0 Å². The summed E-state index contributed by atoms with van der Waals surface area (Å²) in [4.78, 5) is 17.1. The van der Waals surface area contributed by atoms with E-state index < -0.39 is 23.2 Å². The molecule has 2 N–H and O–H groups in total. The molecule has 1 aliphatic rings. The van der Waals surface area contributed by atoms with Gasteiger partial charge < -0.3 is 10.6 Å². The predicted molar refractivity (Wildman–Crippen MR) is 107 cm³/mol. The molecule has 0 bridgehead atoms. The zero-order valence-corrected chi connectivity index (χ0v) is 15.8. The molecule has 2 aromatic carbocycles. The molecule has 1 amide bonds. The molecule has 0 unspecified atom stereocenters. The van der Waals surface area contributed by atoms with E-state index in [1.54, 1.807) is 18.3 Å². The summed E-state index contributed by atoms with van der Waals surface area (Å²) in [7, 11) is 0. The number of halogens is 3. The molecule has 30 heavy (non-hydrogen) atoms. The summed E-state index contributed by atoms with van der Waals surface area (Å²) in [5.74, 6) is -0.686. The van der Waals surface area contributed by atoms with Crippen molar-refractivity contribution in [3.63, 3.8) is 0 Å². The van der Waals surface area contributed by atoms with Gasteiger partial charge in [-0.15, -0.1) is 0 Å².